The van der Waals surface area contributed by atoms with E-state index in [9.17, 15) is 5.11 Å². The van der Waals surface area contributed by atoms with Gasteiger partial charge in [-0.15, -0.1) is 0 Å². The van der Waals surface area contributed by atoms with Gasteiger partial charge in [0.2, 0.25) is 0 Å². The molecule has 0 saturated heterocycles. The van der Waals surface area contributed by atoms with Gasteiger partial charge < -0.3 is 10.0 Å². The number of rotatable bonds is 8. The summed E-state index contributed by atoms with van der Waals surface area (Å²) in [6, 6.07) is 4.04. The van der Waals surface area contributed by atoms with Crippen molar-refractivity contribution in [2.24, 2.45) is 5.92 Å². The van der Waals surface area contributed by atoms with Gasteiger partial charge in [-0.1, -0.05) is 40.5 Å². The number of anilines is 1. The largest absolute Gasteiger partial charge is 0.392 e. The molecule has 20 heavy (non-hydrogen) atoms. The minimum absolute atomic E-state index is 0.0811. The fourth-order valence-corrected chi connectivity index (χ4v) is 2.39. The molecule has 1 aromatic rings. The second-order valence-electron chi connectivity index (χ2n) is 5.79. The summed E-state index contributed by atoms with van der Waals surface area (Å²) in [6.45, 7) is 13.0. The van der Waals surface area contributed by atoms with E-state index in [0.29, 0.717) is 11.8 Å². The number of aliphatic hydroxyl groups excluding tert-OH is 1. The van der Waals surface area contributed by atoms with Crippen LogP contribution in [0.4, 0.5) is 5.82 Å². The van der Waals surface area contributed by atoms with E-state index in [0.717, 1.165) is 30.2 Å². The van der Waals surface area contributed by atoms with Gasteiger partial charge in [0.15, 0.2) is 0 Å². The van der Waals surface area contributed by atoms with Gasteiger partial charge in [0, 0.05) is 18.8 Å². The predicted octanol–water partition coefficient (Wildman–Crippen LogP) is 3.96. The minimum atomic E-state index is 0.0811. The predicted molar refractivity (Wildman–Crippen MR) is 86.2 cm³/mol. The summed E-state index contributed by atoms with van der Waals surface area (Å²) in [6.07, 6.45) is 2.40. The van der Waals surface area contributed by atoms with Crippen molar-refractivity contribution in [3.8, 4) is 0 Å². The summed E-state index contributed by atoms with van der Waals surface area (Å²) in [7, 11) is 0. The normalized spacial score (nSPS) is 11.4. The Morgan fingerprint density at radius 3 is 2.25 bits per heavy atom. The molecule has 0 saturated carbocycles. The lowest BCUT2D eigenvalue weighted by molar-refractivity contribution is 0.281. The van der Waals surface area contributed by atoms with Crippen LogP contribution in [0.1, 0.15) is 64.6 Å². The van der Waals surface area contributed by atoms with Crippen molar-refractivity contribution in [2.75, 3.05) is 18.0 Å². The Hall–Kier alpha value is -1.09. The third kappa shape index (κ3) is 4.48. The second-order valence-corrected chi connectivity index (χ2v) is 5.79. The topological polar surface area (TPSA) is 36.4 Å². The fraction of sp³-hybridized carbons (Fsp3) is 0.706. The van der Waals surface area contributed by atoms with Gasteiger partial charge in [0.1, 0.15) is 5.82 Å². The van der Waals surface area contributed by atoms with E-state index in [4.69, 9.17) is 4.98 Å². The van der Waals surface area contributed by atoms with Crippen molar-refractivity contribution in [3.63, 3.8) is 0 Å². The van der Waals surface area contributed by atoms with Crippen LogP contribution in [0.5, 0.6) is 0 Å². The van der Waals surface area contributed by atoms with E-state index in [1.807, 2.05) is 12.1 Å². The molecule has 1 rings (SSSR count). The van der Waals surface area contributed by atoms with Gasteiger partial charge in [0.05, 0.1) is 6.61 Å². The average Bonchev–Trinajstić information content (AvgIpc) is 2.48. The molecule has 0 aliphatic carbocycles. The third-order valence-corrected chi connectivity index (χ3v) is 4.00. The molecule has 114 valence electrons. The lowest BCUT2D eigenvalue weighted by Gasteiger charge is -2.27. The Morgan fingerprint density at radius 2 is 1.80 bits per heavy atom. The number of pyridine rings is 1. The van der Waals surface area contributed by atoms with Gasteiger partial charge in [-0.3, -0.25) is 0 Å². The van der Waals surface area contributed by atoms with Crippen LogP contribution < -0.4 is 4.90 Å². The lowest BCUT2D eigenvalue weighted by Crippen LogP contribution is -2.30. The van der Waals surface area contributed by atoms with Crippen LogP contribution in [0, 0.1) is 5.92 Å². The van der Waals surface area contributed by atoms with Gasteiger partial charge >= 0.3 is 0 Å². The molecule has 3 nitrogen and oxygen atoms in total. The van der Waals surface area contributed by atoms with Crippen LogP contribution >= 0.6 is 0 Å². The smallest absolute Gasteiger partial charge is 0.129 e. The first-order valence-electron chi connectivity index (χ1n) is 7.92. The van der Waals surface area contributed by atoms with Crippen molar-refractivity contribution < 1.29 is 5.11 Å². The van der Waals surface area contributed by atoms with Gasteiger partial charge in [-0.2, -0.15) is 0 Å². The van der Waals surface area contributed by atoms with Crippen molar-refractivity contribution in [1.29, 1.82) is 0 Å². The van der Waals surface area contributed by atoms with Gasteiger partial charge in [-0.25, -0.2) is 4.98 Å². The van der Waals surface area contributed by atoms with Crippen LogP contribution in [0.3, 0.4) is 0 Å². The molecule has 0 amide bonds. The molecule has 0 spiro atoms. The fourth-order valence-electron chi connectivity index (χ4n) is 2.39. The maximum atomic E-state index is 9.45. The van der Waals surface area contributed by atoms with E-state index < -0.39 is 0 Å². The first-order chi connectivity index (χ1) is 9.55. The number of aliphatic hydroxyl groups is 1. The molecule has 0 aliphatic heterocycles. The standard InChI is InChI=1S/C17H30N2O/c1-6-14(7-2)11-19(8-3)17-10-15(12-20)9-16(18-17)13(4)5/h9-10,13-14,20H,6-8,11-12H2,1-5H3. The highest BCUT2D eigenvalue weighted by Crippen LogP contribution is 2.22. The maximum absolute atomic E-state index is 9.45. The molecule has 1 aromatic heterocycles. The molecular weight excluding hydrogens is 248 g/mol. The zero-order chi connectivity index (χ0) is 15.1. The molecule has 0 atom stereocenters. The summed E-state index contributed by atoms with van der Waals surface area (Å²) >= 11 is 0. The Kier molecular flexibility index (Phi) is 7.00. The lowest BCUT2D eigenvalue weighted by atomic mass is 10.0. The first kappa shape index (κ1) is 17.0. The number of nitrogens with zero attached hydrogens (tertiary/aromatic N) is 2. The summed E-state index contributed by atoms with van der Waals surface area (Å²) in [5, 5.41) is 9.45. The quantitative estimate of drug-likeness (QED) is 0.782. The zero-order valence-electron chi connectivity index (χ0n) is 13.7. The van der Waals surface area contributed by atoms with E-state index in [2.05, 4.69) is 39.5 Å². The molecule has 1 N–H and O–H groups in total. The molecule has 3 heteroatoms. The highest BCUT2D eigenvalue weighted by molar-refractivity contribution is 5.43. The van der Waals surface area contributed by atoms with Crippen LogP contribution in [-0.4, -0.2) is 23.2 Å². The Balaban J connectivity index is 3.04. The first-order valence-corrected chi connectivity index (χ1v) is 7.92. The molecule has 1 heterocycles. The number of hydrogen-bond donors (Lipinski definition) is 1. The van der Waals surface area contributed by atoms with Crippen LogP contribution in [0.2, 0.25) is 0 Å². The van der Waals surface area contributed by atoms with Crippen molar-refractivity contribution in [1.82, 2.24) is 4.98 Å². The molecular formula is C17H30N2O. The highest BCUT2D eigenvalue weighted by Gasteiger charge is 2.14. The van der Waals surface area contributed by atoms with E-state index in [1.165, 1.54) is 12.8 Å². The van der Waals surface area contributed by atoms with E-state index in [-0.39, 0.29) is 6.61 Å². The molecule has 0 aliphatic rings. The van der Waals surface area contributed by atoms with Crippen molar-refractivity contribution in [2.45, 2.75) is 60.0 Å². The van der Waals surface area contributed by atoms with E-state index >= 15 is 0 Å². The summed E-state index contributed by atoms with van der Waals surface area (Å²) in [5.74, 6) is 2.10. The molecule has 0 aromatic carbocycles. The van der Waals surface area contributed by atoms with E-state index in [1.54, 1.807) is 0 Å². The average molecular weight is 278 g/mol. The molecule has 0 fully saturated rings. The summed E-state index contributed by atoms with van der Waals surface area (Å²) < 4.78 is 0. The van der Waals surface area contributed by atoms with Crippen molar-refractivity contribution in [3.05, 3.63) is 23.4 Å². The monoisotopic (exact) mass is 278 g/mol. The molecule has 0 bridgehead atoms. The second kappa shape index (κ2) is 8.25. The molecule has 0 radical (unpaired) electrons. The SMILES string of the molecule is CCC(CC)CN(CC)c1cc(CO)cc(C(C)C)n1. The minimum Gasteiger partial charge on any atom is -0.392 e. The zero-order valence-corrected chi connectivity index (χ0v) is 13.7. The third-order valence-electron chi connectivity index (χ3n) is 4.00. The Labute approximate surface area is 124 Å². The summed E-state index contributed by atoms with van der Waals surface area (Å²) in [4.78, 5) is 7.12. The Morgan fingerprint density at radius 1 is 1.15 bits per heavy atom. The van der Waals surface area contributed by atoms with Crippen LogP contribution in [0.15, 0.2) is 12.1 Å². The van der Waals surface area contributed by atoms with Crippen molar-refractivity contribution >= 4 is 5.82 Å². The van der Waals surface area contributed by atoms with Crippen LogP contribution in [-0.2, 0) is 6.61 Å². The summed E-state index contributed by atoms with van der Waals surface area (Å²) in [5.41, 5.74) is 2.02. The Bertz CT molecular complexity index is 400. The maximum Gasteiger partial charge on any atom is 0.129 e. The highest BCUT2D eigenvalue weighted by atomic mass is 16.3. The molecule has 0 unspecified atom stereocenters. The van der Waals surface area contributed by atoms with Gasteiger partial charge in [-0.05, 0) is 36.5 Å². The van der Waals surface area contributed by atoms with Gasteiger partial charge in [0.25, 0.3) is 0 Å². The number of aromatic nitrogens is 1. The number of hydrogen-bond acceptors (Lipinski definition) is 3. The van der Waals surface area contributed by atoms with Crippen LogP contribution in [0.25, 0.3) is 0 Å².